The summed E-state index contributed by atoms with van der Waals surface area (Å²) in [5.41, 5.74) is -0.0922. The first-order chi connectivity index (χ1) is 10.1. The van der Waals surface area contributed by atoms with Gasteiger partial charge in [0.2, 0.25) is 0 Å². The fourth-order valence-electron chi connectivity index (χ4n) is 1.57. The van der Waals surface area contributed by atoms with Crippen LogP contribution in [0.5, 0.6) is 0 Å². The lowest BCUT2D eigenvalue weighted by molar-refractivity contribution is -0.137. The van der Waals surface area contributed by atoms with Crippen LogP contribution in [-0.2, 0) is 16.2 Å². The molecule has 0 aliphatic carbocycles. The van der Waals surface area contributed by atoms with Gasteiger partial charge in [0.25, 0.3) is 10.0 Å². The summed E-state index contributed by atoms with van der Waals surface area (Å²) in [6.07, 6.45) is -3.98. The number of rotatable bonds is 3. The predicted molar refractivity (Wildman–Crippen MR) is 78.9 cm³/mol. The first-order valence-corrected chi connectivity index (χ1v) is 8.19. The Kier molecular flexibility index (Phi) is 4.48. The Hall–Kier alpha value is -1.61. The number of sulfonamides is 1. The highest BCUT2D eigenvalue weighted by molar-refractivity contribution is 9.10. The van der Waals surface area contributed by atoms with Crippen LogP contribution in [0, 0.1) is 6.92 Å². The smallest absolute Gasteiger partial charge is 0.262 e. The Morgan fingerprint density at radius 3 is 2.27 bits per heavy atom. The van der Waals surface area contributed by atoms with Crippen LogP contribution < -0.4 is 4.72 Å². The lowest BCUT2D eigenvalue weighted by Crippen LogP contribution is -2.15. The van der Waals surface area contributed by atoms with E-state index in [1.165, 1.54) is 12.1 Å². The molecule has 4 nitrogen and oxygen atoms in total. The van der Waals surface area contributed by atoms with Gasteiger partial charge < -0.3 is 0 Å². The molecule has 0 spiro atoms. The van der Waals surface area contributed by atoms with E-state index in [-0.39, 0.29) is 15.2 Å². The van der Waals surface area contributed by atoms with Gasteiger partial charge in [-0.05, 0) is 41.1 Å². The fraction of sp³-hybridized carbons (Fsp3) is 0.154. The molecule has 9 heteroatoms. The number of halogens is 4. The van der Waals surface area contributed by atoms with Gasteiger partial charge in [-0.15, -0.1) is 0 Å². The zero-order valence-electron chi connectivity index (χ0n) is 11.1. The maximum absolute atomic E-state index is 12.5. The zero-order valence-corrected chi connectivity index (χ0v) is 13.6. The number of aryl methyl sites for hydroxylation is 1. The van der Waals surface area contributed by atoms with E-state index in [1.807, 2.05) is 0 Å². The topological polar surface area (TPSA) is 59.1 Å². The standard InChI is InChI=1S/C13H10BrF3N2O2S/c1-8-2-4-10(5-3-8)22(20,21)19-12-11(14)6-9(7-18-12)13(15,16)17/h2-7H,1H3,(H,18,19). The summed E-state index contributed by atoms with van der Waals surface area (Å²) in [5.74, 6) is -0.214. The van der Waals surface area contributed by atoms with Gasteiger partial charge in [-0.25, -0.2) is 13.4 Å². The van der Waals surface area contributed by atoms with Crippen molar-refractivity contribution in [3.05, 3.63) is 52.1 Å². The Bertz CT molecular complexity index is 790. The van der Waals surface area contributed by atoms with E-state index in [0.29, 0.717) is 6.20 Å². The van der Waals surface area contributed by atoms with E-state index in [2.05, 4.69) is 25.6 Å². The van der Waals surface area contributed by atoms with Crippen molar-refractivity contribution in [1.29, 1.82) is 0 Å². The summed E-state index contributed by atoms with van der Waals surface area (Å²) >= 11 is 2.89. The highest BCUT2D eigenvalue weighted by atomic mass is 79.9. The molecule has 22 heavy (non-hydrogen) atoms. The number of anilines is 1. The summed E-state index contributed by atoms with van der Waals surface area (Å²) in [6, 6.07) is 6.79. The second kappa shape index (κ2) is 5.88. The summed E-state index contributed by atoms with van der Waals surface area (Å²) in [7, 11) is -3.92. The molecule has 0 aliphatic rings. The molecule has 1 aromatic carbocycles. The monoisotopic (exact) mass is 394 g/mol. The van der Waals surface area contributed by atoms with E-state index < -0.39 is 21.8 Å². The molecule has 0 fully saturated rings. The SMILES string of the molecule is Cc1ccc(S(=O)(=O)Nc2ncc(C(F)(F)F)cc2Br)cc1. The van der Waals surface area contributed by atoms with Crippen LogP contribution in [0.25, 0.3) is 0 Å². The minimum atomic E-state index is -4.55. The molecule has 2 rings (SSSR count). The third kappa shape index (κ3) is 3.77. The van der Waals surface area contributed by atoms with E-state index in [4.69, 9.17) is 0 Å². The number of aromatic nitrogens is 1. The van der Waals surface area contributed by atoms with Gasteiger partial charge in [-0.3, -0.25) is 4.72 Å². The molecule has 1 aromatic heterocycles. The second-order valence-electron chi connectivity index (χ2n) is 4.47. The van der Waals surface area contributed by atoms with Crippen molar-refractivity contribution in [2.45, 2.75) is 18.0 Å². The van der Waals surface area contributed by atoms with Crippen molar-refractivity contribution in [1.82, 2.24) is 4.98 Å². The summed E-state index contributed by atoms with van der Waals surface area (Å²) < 4.78 is 64.0. The van der Waals surface area contributed by atoms with Crippen LogP contribution in [0.4, 0.5) is 19.0 Å². The Balaban J connectivity index is 2.32. The van der Waals surface area contributed by atoms with Crippen LogP contribution in [0.1, 0.15) is 11.1 Å². The zero-order chi connectivity index (χ0) is 16.5. The minimum Gasteiger partial charge on any atom is -0.262 e. The van der Waals surface area contributed by atoms with Gasteiger partial charge in [0.05, 0.1) is 14.9 Å². The van der Waals surface area contributed by atoms with Gasteiger partial charge in [-0.1, -0.05) is 17.7 Å². The number of pyridine rings is 1. The van der Waals surface area contributed by atoms with Crippen LogP contribution >= 0.6 is 15.9 Å². The predicted octanol–water partition coefficient (Wildman–Crippen LogP) is 3.97. The first-order valence-electron chi connectivity index (χ1n) is 5.92. The van der Waals surface area contributed by atoms with E-state index >= 15 is 0 Å². The molecule has 0 atom stereocenters. The molecule has 2 aromatic rings. The lowest BCUT2D eigenvalue weighted by Gasteiger charge is -2.11. The highest BCUT2D eigenvalue weighted by Crippen LogP contribution is 2.33. The number of hydrogen-bond acceptors (Lipinski definition) is 3. The maximum atomic E-state index is 12.5. The third-order valence-corrected chi connectivity index (χ3v) is 4.69. The molecule has 1 N–H and O–H groups in total. The Labute approximate surface area is 133 Å². The number of nitrogens with zero attached hydrogens (tertiary/aromatic N) is 1. The molecule has 1 heterocycles. The van der Waals surface area contributed by atoms with E-state index in [1.54, 1.807) is 19.1 Å². The number of alkyl halides is 3. The van der Waals surface area contributed by atoms with Gasteiger partial charge in [-0.2, -0.15) is 13.2 Å². The highest BCUT2D eigenvalue weighted by Gasteiger charge is 2.31. The molecule has 0 saturated carbocycles. The summed E-state index contributed by atoms with van der Waals surface area (Å²) in [5, 5.41) is 0. The molecule has 0 amide bonds. The minimum absolute atomic E-state index is 0.00769. The number of benzene rings is 1. The molecule has 0 unspecified atom stereocenters. The lowest BCUT2D eigenvalue weighted by atomic mass is 10.2. The fourth-order valence-corrected chi connectivity index (χ4v) is 3.18. The van der Waals surface area contributed by atoms with Crippen LogP contribution in [0.2, 0.25) is 0 Å². The van der Waals surface area contributed by atoms with Crippen molar-refractivity contribution < 1.29 is 21.6 Å². The molecular formula is C13H10BrF3N2O2S. The Morgan fingerprint density at radius 1 is 1.18 bits per heavy atom. The van der Waals surface area contributed by atoms with Crippen molar-refractivity contribution in [3.63, 3.8) is 0 Å². The number of nitrogens with one attached hydrogen (secondary N) is 1. The van der Waals surface area contributed by atoms with E-state index in [0.717, 1.165) is 11.6 Å². The molecule has 0 bridgehead atoms. The molecule has 0 saturated heterocycles. The second-order valence-corrected chi connectivity index (χ2v) is 7.01. The molecular weight excluding hydrogens is 385 g/mol. The van der Waals surface area contributed by atoms with Crippen molar-refractivity contribution in [2.24, 2.45) is 0 Å². The van der Waals surface area contributed by atoms with Crippen molar-refractivity contribution >= 4 is 31.8 Å². The first kappa shape index (κ1) is 16.8. The third-order valence-electron chi connectivity index (χ3n) is 2.73. The Morgan fingerprint density at radius 2 is 1.77 bits per heavy atom. The summed E-state index contributed by atoms with van der Waals surface area (Å²) in [6.45, 7) is 1.80. The van der Waals surface area contributed by atoms with Crippen LogP contribution in [-0.4, -0.2) is 13.4 Å². The molecule has 118 valence electrons. The van der Waals surface area contributed by atoms with Gasteiger partial charge in [0, 0.05) is 6.20 Å². The average molecular weight is 395 g/mol. The average Bonchev–Trinajstić information content (AvgIpc) is 2.40. The number of hydrogen-bond donors (Lipinski definition) is 1. The normalized spacial score (nSPS) is 12.2. The van der Waals surface area contributed by atoms with Gasteiger partial charge in [0.1, 0.15) is 0 Å². The van der Waals surface area contributed by atoms with Crippen LogP contribution in [0.15, 0.2) is 45.9 Å². The van der Waals surface area contributed by atoms with E-state index in [9.17, 15) is 21.6 Å². The quantitative estimate of drug-likeness (QED) is 0.856. The van der Waals surface area contributed by atoms with Gasteiger partial charge >= 0.3 is 6.18 Å². The summed E-state index contributed by atoms with van der Waals surface area (Å²) in [4.78, 5) is 3.51. The van der Waals surface area contributed by atoms with Crippen LogP contribution in [0.3, 0.4) is 0 Å². The largest absolute Gasteiger partial charge is 0.417 e. The van der Waals surface area contributed by atoms with Gasteiger partial charge in [0.15, 0.2) is 5.82 Å². The van der Waals surface area contributed by atoms with Crippen molar-refractivity contribution in [3.8, 4) is 0 Å². The maximum Gasteiger partial charge on any atom is 0.417 e. The molecule has 0 radical (unpaired) electrons. The van der Waals surface area contributed by atoms with Crippen molar-refractivity contribution in [2.75, 3.05) is 4.72 Å². The molecule has 0 aliphatic heterocycles.